The van der Waals surface area contributed by atoms with Gasteiger partial charge in [0.15, 0.2) is 0 Å². The minimum Gasteiger partial charge on any atom is -0.349 e. The Balaban J connectivity index is 0.00000156. The summed E-state index contributed by atoms with van der Waals surface area (Å²) in [6, 6.07) is 12.0. The number of benzene rings is 1. The Morgan fingerprint density at radius 1 is 1.09 bits per heavy atom. The molecule has 0 spiro atoms. The highest BCUT2D eigenvalue weighted by Crippen LogP contribution is 2.41. The number of rotatable bonds is 5. The fourth-order valence-corrected chi connectivity index (χ4v) is 4.40. The zero-order valence-corrected chi connectivity index (χ0v) is 14.4. The monoisotopic (exact) mass is 334 g/mol. The van der Waals surface area contributed by atoms with Gasteiger partial charge in [-0.3, -0.25) is 4.79 Å². The number of nitrogens with one attached hydrogen (secondary N) is 2. The molecule has 4 heteroatoms. The van der Waals surface area contributed by atoms with E-state index in [-0.39, 0.29) is 24.4 Å². The molecule has 1 saturated carbocycles. The third kappa shape index (κ3) is 4.07. The van der Waals surface area contributed by atoms with Crippen LogP contribution in [-0.4, -0.2) is 18.0 Å². The first-order chi connectivity index (χ1) is 10.8. The zero-order valence-electron chi connectivity index (χ0n) is 13.5. The number of carbonyl (C=O) groups excluding carboxylic acids is 1. The molecule has 4 rings (SSSR count). The minimum absolute atomic E-state index is 0. The Kier molecular flexibility index (Phi) is 5.27. The standard InChI is InChI=1S/C19H26N2O.ClH/c22-18(12-13-10-16-8-9-17(11-13)20-16)21-19(15-6-7-15)14-4-2-1-3-5-14;/h1-5,13,15-17,19-20H,6-12H2,(H,21,22);1H. The third-order valence-electron chi connectivity index (χ3n) is 5.61. The van der Waals surface area contributed by atoms with Crippen molar-refractivity contribution in [1.29, 1.82) is 0 Å². The van der Waals surface area contributed by atoms with Gasteiger partial charge in [0.05, 0.1) is 6.04 Å². The number of carbonyl (C=O) groups is 1. The second-order valence-corrected chi connectivity index (χ2v) is 7.47. The maximum Gasteiger partial charge on any atom is 0.220 e. The summed E-state index contributed by atoms with van der Waals surface area (Å²) in [4.78, 5) is 12.5. The second-order valence-electron chi connectivity index (χ2n) is 7.47. The van der Waals surface area contributed by atoms with Gasteiger partial charge in [-0.05, 0) is 55.9 Å². The lowest BCUT2D eigenvalue weighted by atomic mass is 9.89. The van der Waals surface area contributed by atoms with Crippen LogP contribution in [0.5, 0.6) is 0 Å². The van der Waals surface area contributed by atoms with Crippen molar-refractivity contribution in [2.75, 3.05) is 0 Å². The molecule has 3 unspecified atom stereocenters. The number of fused-ring (bicyclic) bond motifs is 2. The maximum atomic E-state index is 12.5. The summed E-state index contributed by atoms with van der Waals surface area (Å²) in [5.41, 5.74) is 1.27. The summed E-state index contributed by atoms with van der Waals surface area (Å²) in [5.74, 6) is 1.48. The third-order valence-corrected chi connectivity index (χ3v) is 5.61. The summed E-state index contributed by atoms with van der Waals surface area (Å²) in [6.45, 7) is 0. The van der Waals surface area contributed by atoms with Crippen LogP contribution in [0.1, 0.15) is 56.6 Å². The van der Waals surface area contributed by atoms with Crippen molar-refractivity contribution in [3.8, 4) is 0 Å². The quantitative estimate of drug-likeness (QED) is 0.864. The van der Waals surface area contributed by atoms with Gasteiger partial charge in [-0.2, -0.15) is 0 Å². The van der Waals surface area contributed by atoms with Gasteiger partial charge >= 0.3 is 0 Å². The molecule has 3 nitrogen and oxygen atoms in total. The Bertz CT molecular complexity index is 519. The second kappa shape index (κ2) is 7.23. The smallest absolute Gasteiger partial charge is 0.220 e. The Morgan fingerprint density at radius 2 is 1.74 bits per heavy atom. The lowest BCUT2D eigenvalue weighted by Gasteiger charge is -2.29. The van der Waals surface area contributed by atoms with E-state index >= 15 is 0 Å². The number of hydrogen-bond acceptors (Lipinski definition) is 2. The van der Waals surface area contributed by atoms with E-state index < -0.39 is 0 Å². The highest BCUT2D eigenvalue weighted by atomic mass is 35.5. The molecule has 23 heavy (non-hydrogen) atoms. The van der Waals surface area contributed by atoms with Crippen LogP contribution in [0.25, 0.3) is 0 Å². The molecule has 2 heterocycles. The lowest BCUT2D eigenvalue weighted by molar-refractivity contribution is -0.123. The van der Waals surface area contributed by atoms with Crippen molar-refractivity contribution in [1.82, 2.24) is 10.6 Å². The number of piperidine rings is 1. The van der Waals surface area contributed by atoms with E-state index in [4.69, 9.17) is 0 Å². The van der Waals surface area contributed by atoms with Crippen molar-refractivity contribution < 1.29 is 4.79 Å². The molecule has 2 bridgehead atoms. The van der Waals surface area contributed by atoms with E-state index in [0.717, 1.165) is 0 Å². The van der Waals surface area contributed by atoms with Gasteiger partial charge in [0, 0.05) is 18.5 Å². The van der Waals surface area contributed by atoms with E-state index in [1.54, 1.807) is 0 Å². The topological polar surface area (TPSA) is 41.1 Å². The van der Waals surface area contributed by atoms with Crippen LogP contribution in [0.3, 0.4) is 0 Å². The predicted molar refractivity (Wildman–Crippen MR) is 94.6 cm³/mol. The highest BCUT2D eigenvalue weighted by Gasteiger charge is 2.36. The molecular weight excluding hydrogens is 308 g/mol. The molecule has 2 aliphatic heterocycles. The molecular formula is C19H27ClN2O. The molecule has 2 saturated heterocycles. The van der Waals surface area contributed by atoms with Gasteiger partial charge in [0.1, 0.15) is 0 Å². The molecule has 3 aliphatic rings. The van der Waals surface area contributed by atoms with Gasteiger partial charge in [-0.15, -0.1) is 12.4 Å². The van der Waals surface area contributed by atoms with Crippen molar-refractivity contribution in [3.63, 3.8) is 0 Å². The molecule has 1 aromatic carbocycles. The van der Waals surface area contributed by atoms with Crippen LogP contribution < -0.4 is 10.6 Å². The van der Waals surface area contributed by atoms with E-state index in [1.807, 2.05) is 6.07 Å². The molecule has 1 aromatic rings. The van der Waals surface area contributed by atoms with Gasteiger partial charge in [0.25, 0.3) is 0 Å². The van der Waals surface area contributed by atoms with Crippen molar-refractivity contribution >= 4 is 18.3 Å². The van der Waals surface area contributed by atoms with Crippen LogP contribution in [0, 0.1) is 11.8 Å². The molecule has 1 aliphatic carbocycles. The molecule has 3 atom stereocenters. The number of hydrogen-bond donors (Lipinski definition) is 2. The van der Waals surface area contributed by atoms with Gasteiger partial charge in [-0.1, -0.05) is 30.3 Å². The van der Waals surface area contributed by atoms with E-state index in [0.29, 0.717) is 30.3 Å². The first-order valence-corrected chi connectivity index (χ1v) is 8.88. The summed E-state index contributed by atoms with van der Waals surface area (Å²) in [6.07, 6.45) is 8.18. The van der Waals surface area contributed by atoms with Gasteiger partial charge in [0.2, 0.25) is 5.91 Å². The first kappa shape index (κ1) is 16.8. The molecule has 3 fully saturated rings. The van der Waals surface area contributed by atoms with Crippen LogP contribution in [-0.2, 0) is 4.79 Å². The normalized spacial score (nSPS) is 30.3. The van der Waals surface area contributed by atoms with Crippen molar-refractivity contribution in [2.24, 2.45) is 11.8 Å². The molecule has 2 N–H and O–H groups in total. The average molecular weight is 335 g/mol. The van der Waals surface area contributed by atoms with Crippen LogP contribution in [0.2, 0.25) is 0 Å². The maximum absolute atomic E-state index is 12.5. The number of halogens is 1. The number of amides is 1. The van der Waals surface area contributed by atoms with Crippen LogP contribution >= 0.6 is 12.4 Å². The molecule has 0 aromatic heterocycles. The van der Waals surface area contributed by atoms with Crippen molar-refractivity contribution in [3.05, 3.63) is 35.9 Å². The zero-order chi connectivity index (χ0) is 14.9. The molecule has 0 radical (unpaired) electrons. The van der Waals surface area contributed by atoms with E-state index in [9.17, 15) is 4.79 Å². The summed E-state index contributed by atoms with van der Waals surface area (Å²) in [5, 5.41) is 6.99. The summed E-state index contributed by atoms with van der Waals surface area (Å²) >= 11 is 0. The average Bonchev–Trinajstić information content (AvgIpc) is 3.31. The Hall–Kier alpha value is -1.06. The fourth-order valence-electron chi connectivity index (χ4n) is 4.40. The molecule has 1 amide bonds. The van der Waals surface area contributed by atoms with Crippen LogP contribution in [0.4, 0.5) is 0 Å². The Morgan fingerprint density at radius 3 is 2.35 bits per heavy atom. The predicted octanol–water partition coefficient (Wildman–Crippen LogP) is 3.60. The van der Waals surface area contributed by atoms with E-state index in [2.05, 4.69) is 34.9 Å². The summed E-state index contributed by atoms with van der Waals surface area (Å²) in [7, 11) is 0. The molecule has 126 valence electrons. The first-order valence-electron chi connectivity index (χ1n) is 8.88. The van der Waals surface area contributed by atoms with Crippen molar-refractivity contribution in [2.45, 2.75) is 63.1 Å². The Labute approximate surface area is 145 Å². The summed E-state index contributed by atoms with van der Waals surface area (Å²) < 4.78 is 0. The van der Waals surface area contributed by atoms with E-state index in [1.165, 1.54) is 44.1 Å². The highest BCUT2D eigenvalue weighted by molar-refractivity contribution is 5.85. The fraction of sp³-hybridized carbons (Fsp3) is 0.632. The largest absolute Gasteiger partial charge is 0.349 e. The minimum atomic E-state index is 0. The lowest BCUT2D eigenvalue weighted by Crippen LogP contribution is -2.40. The van der Waals surface area contributed by atoms with Gasteiger partial charge in [-0.25, -0.2) is 0 Å². The SMILES string of the molecule is Cl.O=C(CC1CC2CCC(C1)N2)NC(c1ccccc1)C1CC1. The van der Waals surface area contributed by atoms with Gasteiger partial charge < -0.3 is 10.6 Å². The van der Waals surface area contributed by atoms with Crippen LogP contribution in [0.15, 0.2) is 30.3 Å².